The number of hydrogen-bond donors (Lipinski definition) is 2. The molecule has 0 bridgehead atoms. The summed E-state index contributed by atoms with van der Waals surface area (Å²) in [6.07, 6.45) is 4.07. The maximum atomic E-state index is 12.5. The quantitative estimate of drug-likeness (QED) is 0.811. The Balaban J connectivity index is 1.70. The first-order chi connectivity index (χ1) is 9.11. The molecule has 0 radical (unpaired) electrons. The monoisotopic (exact) mass is 284 g/mol. The fourth-order valence-corrected chi connectivity index (χ4v) is 4.02. The molecule has 0 spiro atoms. The first-order valence-corrected chi connectivity index (χ1v) is 8.17. The number of rotatable bonds is 4. The van der Waals surface area contributed by atoms with Gasteiger partial charge in [-0.3, -0.25) is 4.90 Å². The lowest BCUT2D eigenvalue weighted by atomic mass is 10.3. The zero-order chi connectivity index (χ0) is 13.5. The molecule has 2 heterocycles. The van der Waals surface area contributed by atoms with Crippen LogP contribution in [0.3, 0.4) is 0 Å². The van der Waals surface area contributed by atoms with Crippen molar-refractivity contribution in [3.63, 3.8) is 0 Å². The lowest BCUT2D eigenvalue weighted by molar-refractivity contribution is 0.180. The second-order valence-corrected chi connectivity index (χ2v) is 7.17. The number of aromatic nitrogens is 1. The Bertz CT molecular complexity index is 542. The first-order valence-electron chi connectivity index (χ1n) is 6.73. The Morgan fingerprint density at radius 1 is 1.26 bits per heavy atom. The number of hydrogen-bond acceptors (Lipinski definition) is 4. The third-order valence-corrected chi connectivity index (χ3v) is 5.79. The summed E-state index contributed by atoms with van der Waals surface area (Å²) in [4.78, 5) is 5.62. The minimum absolute atomic E-state index is 0.324. The van der Waals surface area contributed by atoms with Crippen molar-refractivity contribution in [2.75, 3.05) is 26.2 Å². The Labute approximate surface area is 113 Å². The standard InChI is InChI=1S/C12H20N4O2S/c13-8-10-7-12(9-14-10)19(17,18)16-5-3-15(4-6-16)11-1-2-11/h7,9,11,14H,1-6,8,13H2. The van der Waals surface area contributed by atoms with Crippen molar-refractivity contribution in [2.24, 2.45) is 5.73 Å². The van der Waals surface area contributed by atoms with Crippen LogP contribution in [0, 0.1) is 0 Å². The number of nitrogens with zero attached hydrogens (tertiary/aromatic N) is 2. The van der Waals surface area contributed by atoms with Gasteiger partial charge in [0.25, 0.3) is 0 Å². The Morgan fingerprint density at radius 2 is 1.95 bits per heavy atom. The van der Waals surface area contributed by atoms with Crippen LogP contribution >= 0.6 is 0 Å². The van der Waals surface area contributed by atoms with Gasteiger partial charge in [-0.1, -0.05) is 0 Å². The minimum Gasteiger partial charge on any atom is -0.363 e. The van der Waals surface area contributed by atoms with Crippen LogP contribution in [0.5, 0.6) is 0 Å². The fourth-order valence-electron chi connectivity index (χ4n) is 2.58. The summed E-state index contributed by atoms with van der Waals surface area (Å²) in [7, 11) is -3.36. The van der Waals surface area contributed by atoms with Gasteiger partial charge in [0, 0.05) is 50.7 Å². The number of H-pyrrole nitrogens is 1. The van der Waals surface area contributed by atoms with Crippen LogP contribution in [0.2, 0.25) is 0 Å². The van der Waals surface area contributed by atoms with Gasteiger partial charge in [-0.25, -0.2) is 8.42 Å². The van der Waals surface area contributed by atoms with Crippen molar-refractivity contribution in [3.05, 3.63) is 18.0 Å². The van der Waals surface area contributed by atoms with Crippen LogP contribution in [-0.4, -0.2) is 54.8 Å². The van der Waals surface area contributed by atoms with E-state index in [-0.39, 0.29) is 0 Å². The lowest BCUT2D eigenvalue weighted by Crippen LogP contribution is -2.49. The van der Waals surface area contributed by atoms with Crippen LogP contribution in [0.4, 0.5) is 0 Å². The molecule has 1 aromatic rings. The molecule has 3 rings (SSSR count). The molecule has 7 heteroatoms. The Hall–Kier alpha value is -0.890. The van der Waals surface area contributed by atoms with Crippen LogP contribution in [-0.2, 0) is 16.6 Å². The largest absolute Gasteiger partial charge is 0.363 e. The third-order valence-electron chi connectivity index (χ3n) is 3.91. The van der Waals surface area contributed by atoms with Gasteiger partial charge in [0.2, 0.25) is 10.0 Å². The van der Waals surface area contributed by atoms with Crippen LogP contribution in [0.15, 0.2) is 17.2 Å². The zero-order valence-electron chi connectivity index (χ0n) is 10.9. The maximum absolute atomic E-state index is 12.5. The van der Waals surface area contributed by atoms with E-state index in [2.05, 4.69) is 9.88 Å². The van der Waals surface area contributed by atoms with E-state index in [0.29, 0.717) is 30.6 Å². The molecule has 1 aliphatic carbocycles. The molecule has 0 aromatic carbocycles. The summed E-state index contributed by atoms with van der Waals surface area (Å²) >= 11 is 0. The van der Waals surface area contributed by atoms with E-state index in [0.717, 1.165) is 18.8 Å². The Morgan fingerprint density at radius 3 is 2.47 bits per heavy atom. The maximum Gasteiger partial charge on any atom is 0.244 e. The molecular formula is C12H20N4O2S. The van der Waals surface area contributed by atoms with Gasteiger partial charge in [-0.2, -0.15) is 4.31 Å². The summed E-state index contributed by atoms with van der Waals surface area (Å²) in [5.74, 6) is 0. The van der Waals surface area contributed by atoms with E-state index in [1.165, 1.54) is 19.0 Å². The highest BCUT2D eigenvalue weighted by Gasteiger charge is 2.35. The fraction of sp³-hybridized carbons (Fsp3) is 0.667. The van der Waals surface area contributed by atoms with Gasteiger partial charge in [0.1, 0.15) is 0 Å². The van der Waals surface area contributed by atoms with Crippen molar-refractivity contribution in [3.8, 4) is 0 Å². The van der Waals surface area contributed by atoms with Crippen molar-refractivity contribution in [1.29, 1.82) is 0 Å². The molecule has 2 fully saturated rings. The summed E-state index contributed by atoms with van der Waals surface area (Å²) in [5, 5.41) is 0. The second-order valence-electron chi connectivity index (χ2n) is 5.24. The molecule has 1 saturated carbocycles. The molecule has 1 aromatic heterocycles. The third kappa shape index (κ3) is 2.55. The van der Waals surface area contributed by atoms with Gasteiger partial charge >= 0.3 is 0 Å². The Kier molecular flexibility index (Phi) is 3.38. The highest BCUT2D eigenvalue weighted by molar-refractivity contribution is 7.89. The first kappa shape index (κ1) is 13.1. The SMILES string of the molecule is NCc1cc(S(=O)(=O)N2CCN(C3CC3)CC2)c[nH]1. The van der Waals surface area contributed by atoms with E-state index in [1.54, 1.807) is 10.4 Å². The molecule has 2 aliphatic rings. The minimum atomic E-state index is -3.36. The lowest BCUT2D eigenvalue weighted by Gasteiger charge is -2.33. The highest BCUT2D eigenvalue weighted by Crippen LogP contribution is 2.28. The van der Waals surface area contributed by atoms with Gasteiger partial charge < -0.3 is 10.7 Å². The number of piperazine rings is 1. The van der Waals surface area contributed by atoms with E-state index in [4.69, 9.17) is 5.73 Å². The summed E-state index contributed by atoms with van der Waals surface area (Å²) in [5.41, 5.74) is 6.24. The van der Waals surface area contributed by atoms with Crippen molar-refractivity contribution < 1.29 is 8.42 Å². The average molecular weight is 284 g/mol. The van der Waals surface area contributed by atoms with E-state index in [9.17, 15) is 8.42 Å². The van der Waals surface area contributed by atoms with Crippen molar-refractivity contribution in [1.82, 2.24) is 14.2 Å². The summed E-state index contributed by atoms with van der Waals surface area (Å²) < 4.78 is 26.5. The van der Waals surface area contributed by atoms with Crippen LogP contribution in [0.25, 0.3) is 0 Å². The molecule has 1 aliphatic heterocycles. The molecule has 1 saturated heterocycles. The van der Waals surface area contributed by atoms with E-state index < -0.39 is 10.0 Å². The predicted octanol–water partition coefficient (Wildman–Crippen LogP) is -0.0579. The number of aromatic amines is 1. The van der Waals surface area contributed by atoms with Crippen molar-refractivity contribution >= 4 is 10.0 Å². The highest BCUT2D eigenvalue weighted by atomic mass is 32.2. The van der Waals surface area contributed by atoms with Crippen LogP contribution in [0.1, 0.15) is 18.5 Å². The molecule has 0 unspecified atom stereocenters. The molecule has 6 nitrogen and oxygen atoms in total. The van der Waals surface area contributed by atoms with Gasteiger partial charge in [-0.15, -0.1) is 0 Å². The van der Waals surface area contributed by atoms with E-state index in [1.807, 2.05) is 0 Å². The number of sulfonamides is 1. The molecular weight excluding hydrogens is 264 g/mol. The average Bonchev–Trinajstić information content (AvgIpc) is 3.15. The number of nitrogens with one attached hydrogen (secondary N) is 1. The van der Waals surface area contributed by atoms with Gasteiger partial charge in [0.15, 0.2) is 0 Å². The van der Waals surface area contributed by atoms with E-state index >= 15 is 0 Å². The summed E-state index contributed by atoms with van der Waals surface area (Å²) in [6.45, 7) is 3.19. The number of nitrogens with two attached hydrogens (primary N) is 1. The zero-order valence-corrected chi connectivity index (χ0v) is 11.7. The predicted molar refractivity (Wildman–Crippen MR) is 72.0 cm³/mol. The molecule has 0 amide bonds. The van der Waals surface area contributed by atoms with Gasteiger partial charge in [-0.05, 0) is 18.9 Å². The molecule has 0 atom stereocenters. The van der Waals surface area contributed by atoms with Crippen LogP contribution < -0.4 is 5.73 Å². The molecule has 106 valence electrons. The van der Waals surface area contributed by atoms with Crippen molar-refractivity contribution in [2.45, 2.75) is 30.3 Å². The second kappa shape index (κ2) is 4.90. The van der Waals surface area contributed by atoms with Gasteiger partial charge in [0.05, 0.1) is 4.90 Å². The molecule has 3 N–H and O–H groups in total. The smallest absolute Gasteiger partial charge is 0.244 e. The normalized spacial score (nSPS) is 22.8. The topological polar surface area (TPSA) is 82.4 Å². The molecule has 19 heavy (non-hydrogen) atoms. The summed E-state index contributed by atoms with van der Waals surface area (Å²) in [6, 6.07) is 2.34.